The first kappa shape index (κ1) is 16.7. The number of carbonyl (C=O) groups excluding carboxylic acids is 2. The van der Waals surface area contributed by atoms with Crippen LogP contribution in [-0.4, -0.2) is 66.5 Å². The minimum Gasteiger partial charge on any atom is -0.323 e. The number of carbonyl (C=O) groups is 2. The summed E-state index contributed by atoms with van der Waals surface area (Å²) in [7, 11) is -2.98. The van der Waals surface area contributed by atoms with Crippen LogP contribution in [0.15, 0.2) is 0 Å². The molecule has 0 aromatic carbocycles. The minimum absolute atomic E-state index is 0.103. The van der Waals surface area contributed by atoms with Crippen molar-refractivity contribution in [3.05, 3.63) is 0 Å². The molecule has 0 aromatic rings. The molecule has 8 heteroatoms. The van der Waals surface area contributed by atoms with Crippen molar-refractivity contribution in [3.63, 3.8) is 0 Å². The fraction of sp³-hybridized carbons (Fsp3) is 0.867. The van der Waals surface area contributed by atoms with Gasteiger partial charge < -0.3 is 5.32 Å². The van der Waals surface area contributed by atoms with Gasteiger partial charge in [-0.2, -0.15) is 0 Å². The van der Waals surface area contributed by atoms with Crippen molar-refractivity contribution in [2.24, 2.45) is 0 Å². The summed E-state index contributed by atoms with van der Waals surface area (Å²) in [5.74, 6) is 0.176. The Morgan fingerprint density at radius 3 is 2.52 bits per heavy atom. The molecule has 1 atom stereocenters. The summed E-state index contributed by atoms with van der Waals surface area (Å²) in [4.78, 5) is 28.3. The molecule has 3 amide bonds. The van der Waals surface area contributed by atoms with Crippen molar-refractivity contribution in [1.29, 1.82) is 0 Å². The first-order chi connectivity index (χ1) is 10.9. The van der Waals surface area contributed by atoms with Crippen LogP contribution in [0.25, 0.3) is 0 Å². The molecular formula is C15H25N3O4S. The van der Waals surface area contributed by atoms with Gasteiger partial charge >= 0.3 is 6.03 Å². The normalized spacial score (nSPS) is 29.5. The molecule has 7 nitrogen and oxygen atoms in total. The number of amides is 3. The molecule has 0 aromatic heterocycles. The van der Waals surface area contributed by atoms with Gasteiger partial charge in [0.2, 0.25) is 0 Å². The lowest BCUT2D eigenvalue weighted by Gasteiger charge is -2.32. The number of hydrogen-bond donors (Lipinski definition) is 1. The lowest BCUT2D eigenvalue weighted by molar-refractivity contribution is -0.134. The number of nitrogens with one attached hydrogen (secondary N) is 1. The summed E-state index contributed by atoms with van der Waals surface area (Å²) in [6.07, 6.45) is 5.00. The highest BCUT2D eigenvalue weighted by Crippen LogP contribution is 2.34. The zero-order valence-electron chi connectivity index (χ0n) is 13.6. The molecule has 3 aliphatic rings. The topological polar surface area (TPSA) is 86.8 Å². The molecule has 2 aliphatic heterocycles. The first-order valence-electron chi connectivity index (χ1n) is 8.45. The van der Waals surface area contributed by atoms with Gasteiger partial charge in [0.05, 0.1) is 18.2 Å². The molecule has 3 rings (SSSR count). The third kappa shape index (κ3) is 3.10. The van der Waals surface area contributed by atoms with Gasteiger partial charge in [-0.15, -0.1) is 0 Å². The molecule has 0 unspecified atom stereocenters. The van der Waals surface area contributed by atoms with Crippen LogP contribution < -0.4 is 5.32 Å². The van der Waals surface area contributed by atoms with Crippen LogP contribution in [0.3, 0.4) is 0 Å². The molecule has 130 valence electrons. The summed E-state index contributed by atoms with van der Waals surface area (Å²) in [6, 6.07) is -0.440. The lowest BCUT2D eigenvalue weighted by Crippen LogP contribution is -2.50. The summed E-state index contributed by atoms with van der Waals surface area (Å²) in [5.41, 5.74) is -0.712. The molecule has 0 radical (unpaired) electrons. The average molecular weight is 343 g/mol. The van der Waals surface area contributed by atoms with E-state index in [0.717, 1.165) is 19.3 Å². The van der Waals surface area contributed by atoms with Gasteiger partial charge in [0.15, 0.2) is 9.84 Å². The Morgan fingerprint density at radius 2 is 1.96 bits per heavy atom. The number of sulfone groups is 1. The van der Waals surface area contributed by atoms with E-state index in [0.29, 0.717) is 25.8 Å². The van der Waals surface area contributed by atoms with Gasteiger partial charge in [-0.25, -0.2) is 18.1 Å². The highest BCUT2D eigenvalue weighted by Gasteiger charge is 2.51. The van der Waals surface area contributed by atoms with E-state index in [4.69, 9.17) is 0 Å². The number of imide groups is 1. The molecule has 1 N–H and O–H groups in total. The highest BCUT2D eigenvalue weighted by molar-refractivity contribution is 7.91. The predicted molar refractivity (Wildman–Crippen MR) is 85.5 cm³/mol. The molecular weight excluding hydrogens is 318 g/mol. The van der Waals surface area contributed by atoms with Gasteiger partial charge in [0.1, 0.15) is 5.54 Å². The standard InChI is InChI=1S/C15H25N3O4S/c1-2-17(12-6-9-23(21,22)10-12)11-18-13(19)15(16-14(18)20)7-4-3-5-8-15/h12H,2-11H2,1H3,(H,16,20)/t12-/m0/s1. The largest absolute Gasteiger partial charge is 0.326 e. The zero-order valence-corrected chi connectivity index (χ0v) is 14.4. The van der Waals surface area contributed by atoms with E-state index in [1.165, 1.54) is 4.90 Å². The highest BCUT2D eigenvalue weighted by atomic mass is 32.2. The Morgan fingerprint density at radius 1 is 1.26 bits per heavy atom. The maximum absolute atomic E-state index is 12.8. The van der Waals surface area contributed by atoms with Crippen molar-refractivity contribution in [1.82, 2.24) is 15.1 Å². The van der Waals surface area contributed by atoms with E-state index >= 15 is 0 Å². The number of rotatable bonds is 4. The van der Waals surface area contributed by atoms with Crippen LogP contribution in [-0.2, 0) is 14.6 Å². The van der Waals surface area contributed by atoms with E-state index in [9.17, 15) is 18.0 Å². The minimum atomic E-state index is -2.98. The molecule has 3 fully saturated rings. The first-order valence-corrected chi connectivity index (χ1v) is 10.3. The third-order valence-electron chi connectivity index (χ3n) is 5.41. The monoisotopic (exact) mass is 343 g/mol. The van der Waals surface area contributed by atoms with Gasteiger partial charge in [-0.05, 0) is 25.8 Å². The summed E-state index contributed by atoms with van der Waals surface area (Å²) in [5, 5.41) is 2.90. The van der Waals surface area contributed by atoms with E-state index < -0.39 is 15.4 Å². The van der Waals surface area contributed by atoms with E-state index in [1.54, 1.807) is 0 Å². The average Bonchev–Trinajstić information content (AvgIpc) is 2.97. The quantitative estimate of drug-likeness (QED) is 0.760. The van der Waals surface area contributed by atoms with Crippen molar-refractivity contribution >= 4 is 21.8 Å². The second-order valence-corrected chi connectivity index (χ2v) is 9.14. The lowest BCUT2D eigenvalue weighted by atomic mass is 9.82. The molecule has 1 aliphatic carbocycles. The smallest absolute Gasteiger partial charge is 0.323 e. The van der Waals surface area contributed by atoms with Gasteiger partial charge in [-0.1, -0.05) is 26.2 Å². The van der Waals surface area contributed by atoms with Crippen LogP contribution in [0.5, 0.6) is 0 Å². The third-order valence-corrected chi connectivity index (χ3v) is 7.16. The fourth-order valence-corrected chi connectivity index (χ4v) is 5.78. The molecule has 1 saturated carbocycles. The van der Waals surface area contributed by atoms with Crippen LogP contribution >= 0.6 is 0 Å². The Hall–Kier alpha value is -1.15. The van der Waals surface area contributed by atoms with Gasteiger partial charge in [0, 0.05) is 6.04 Å². The second-order valence-electron chi connectivity index (χ2n) is 6.91. The Balaban J connectivity index is 1.71. The molecule has 2 saturated heterocycles. The SMILES string of the molecule is CCN(CN1C(=O)NC2(CCCCC2)C1=O)[C@H]1CCS(=O)(=O)C1. The maximum Gasteiger partial charge on any atom is 0.326 e. The van der Waals surface area contributed by atoms with Gasteiger partial charge in [0.25, 0.3) is 5.91 Å². The Labute approximate surface area is 137 Å². The summed E-state index contributed by atoms with van der Waals surface area (Å²) < 4.78 is 23.4. The fourth-order valence-electron chi connectivity index (χ4n) is 4.02. The second kappa shape index (κ2) is 6.05. The maximum atomic E-state index is 12.8. The Kier molecular flexibility index (Phi) is 4.39. The molecule has 1 spiro atoms. The number of urea groups is 1. The number of hydrogen-bond acceptors (Lipinski definition) is 5. The number of nitrogens with zero attached hydrogens (tertiary/aromatic N) is 2. The Bertz CT molecular complexity index is 598. The van der Waals surface area contributed by atoms with Crippen molar-refractivity contribution in [2.75, 3.05) is 24.7 Å². The van der Waals surface area contributed by atoms with E-state index in [-0.39, 0.29) is 36.2 Å². The van der Waals surface area contributed by atoms with Crippen LogP contribution in [0.1, 0.15) is 45.4 Å². The van der Waals surface area contributed by atoms with Crippen LogP contribution in [0.4, 0.5) is 4.79 Å². The predicted octanol–water partition coefficient (Wildman–Crippen LogP) is 0.708. The van der Waals surface area contributed by atoms with Crippen molar-refractivity contribution < 1.29 is 18.0 Å². The van der Waals surface area contributed by atoms with Crippen LogP contribution in [0.2, 0.25) is 0 Å². The molecule has 23 heavy (non-hydrogen) atoms. The van der Waals surface area contributed by atoms with Crippen LogP contribution in [0, 0.1) is 0 Å². The van der Waals surface area contributed by atoms with Crippen molar-refractivity contribution in [2.45, 2.75) is 57.0 Å². The molecule has 0 bridgehead atoms. The summed E-state index contributed by atoms with van der Waals surface area (Å²) >= 11 is 0. The van der Waals surface area contributed by atoms with Gasteiger partial charge in [-0.3, -0.25) is 9.69 Å². The van der Waals surface area contributed by atoms with Crippen molar-refractivity contribution in [3.8, 4) is 0 Å². The summed E-state index contributed by atoms with van der Waals surface area (Å²) in [6.45, 7) is 2.73. The molecule has 2 heterocycles. The zero-order chi connectivity index (χ0) is 16.7. The van der Waals surface area contributed by atoms with E-state index in [2.05, 4.69) is 5.32 Å². The van der Waals surface area contributed by atoms with E-state index in [1.807, 2.05) is 11.8 Å².